The fourth-order valence-corrected chi connectivity index (χ4v) is 3.26. The Morgan fingerprint density at radius 1 is 0.886 bits per heavy atom. The van der Waals surface area contributed by atoms with Crippen LogP contribution in [0.1, 0.15) is 75.6 Å². The standard InChI is InChI=1S/C26H35F3N2O4/c1-3-5-6-7-8-9-10-16-34-22-13-11-20(12-14-22)24-30-17-21(18-31-24)25(32)35-23(26(27,28)29)19-33-15-4-2/h11-14,17-18,23H,3-10,15-16,19H2,1-2H3. The molecule has 2 rings (SSSR count). The molecule has 0 N–H and O–H groups in total. The quantitative estimate of drug-likeness (QED) is 0.188. The number of hydrogen-bond acceptors (Lipinski definition) is 6. The van der Waals surface area contributed by atoms with E-state index in [-0.39, 0.29) is 12.2 Å². The van der Waals surface area contributed by atoms with Crippen LogP contribution in [0.15, 0.2) is 36.7 Å². The summed E-state index contributed by atoms with van der Waals surface area (Å²) in [6, 6.07) is 7.20. The van der Waals surface area contributed by atoms with Gasteiger partial charge in [-0.05, 0) is 37.1 Å². The molecule has 0 bridgehead atoms. The van der Waals surface area contributed by atoms with Gasteiger partial charge < -0.3 is 14.2 Å². The maximum Gasteiger partial charge on any atom is 0.427 e. The Bertz CT molecular complexity index is 858. The van der Waals surface area contributed by atoms with Gasteiger partial charge >= 0.3 is 12.1 Å². The molecule has 0 fully saturated rings. The Hall–Kier alpha value is -2.68. The molecule has 0 aliphatic heterocycles. The summed E-state index contributed by atoms with van der Waals surface area (Å²) in [7, 11) is 0. The number of nitrogens with zero attached hydrogens (tertiary/aromatic N) is 2. The number of halogens is 3. The maximum atomic E-state index is 13.1. The highest BCUT2D eigenvalue weighted by atomic mass is 19.4. The van der Waals surface area contributed by atoms with Crippen molar-refractivity contribution in [2.75, 3.05) is 19.8 Å². The predicted molar refractivity (Wildman–Crippen MR) is 127 cm³/mol. The monoisotopic (exact) mass is 496 g/mol. The number of carbonyl (C=O) groups excluding carboxylic acids is 1. The molecule has 1 unspecified atom stereocenters. The molecular weight excluding hydrogens is 461 g/mol. The summed E-state index contributed by atoms with van der Waals surface area (Å²) in [6.45, 7) is 4.02. The van der Waals surface area contributed by atoms with E-state index in [0.29, 0.717) is 24.4 Å². The van der Waals surface area contributed by atoms with Crippen molar-refractivity contribution in [3.05, 3.63) is 42.2 Å². The summed E-state index contributed by atoms with van der Waals surface area (Å²) >= 11 is 0. The number of benzene rings is 1. The molecule has 0 aliphatic rings. The van der Waals surface area contributed by atoms with E-state index in [0.717, 1.165) is 31.0 Å². The van der Waals surface area contributed by atoms with Crippen molar-refractivity contribution in [1.82, 2.24) is 9.97 Å². The Labute approximate surface area is 205 Å². The van der Waals surface area contributed by atoms with Crippen LogP contribution in [0.3, 0.4) is 0 Å². The van der Waals surface area contributed by atoms with Gasteiger partial charge in [-0.2, -0.15) is 13.2 Å². The molecule has 0 radical (unpaired) electrons. The number of hydrogen-bond donors (Lipinski definition) is 0. The van der Waals surface area contributed by atoms with E-state index in [9.17, 15) is 18.0 Å². The summed E-state index contributed by atoms with van der Waals surface area (Å²) in [4.78, 5) is 20.4. The highest BCUT2D eigenvalue weighted by Crippen LogP contribution is 2.25. The van der Waals surface area contributed by atoms with Crippen molar-refractivity contribution in [2.45, 2.75) is 77.5 Å². The van der Waals surface area contributed by atoms with Crippen LogP contribution in [0.5, 0.6) is 5.75 Å². The average Bonchev–Trinajstić information content (AvgIpc) is 2.85. The van der Waals surface area contributed by atoms with E-state index in [1.807, 2.05) is 12.1 Å². The number of carbonyl (C=O) groups is 1. The van der Waals surface area contributed by atoms with Gasteiger partial charge in [0, 0.05) is 24.6 Å². The van der Waals surface area contributed by atoms with Crippen LogP contribution in [0, 0.1) is 0 Å². The third-order valence-corrected chi connectivity index (χ3v) is 5.25. The Balaban J connectivity index is 1.84. The lowest BCUT2D eigenvalue weighted by molar-refractivity contribution is -0.217. The Kier molecular flexibility index (Phi) is 12.5. The normalized spacial score (nSPS) is 12.4. The van der Waals surface area contributed by atoms with Gasteiger partial charge in [-0.1, -0.05) is 52.4 Å². The van der Waals surface area contributed by atoms with E-state index in [1.54, 1.807) is 19.1 Å². The summed E-state index contributed by atoms with van der Waals surface area (Å²) in [5, 5.41) is 0. The molecule has 35 heavy (non-hydrogen) atoms. The van der Waals surface area contributed by atoms with E-state index in [1.165, 1.54) is 32.1 Å². The molecule has 6 nitrogen and oxygen atoms in total. The van der Waals surface area contributed by atoms with E-state index in [4.69, 9.17) is 9.47 Å². The van der Waals surface area contributed by atoms with Crippen LogP contribution >= 0.6 is 0 Å². The summed E-state index contributed by atoms with van der Waals surface area (Å²) in [5.74, 6) is -0.0877. The van der Waals surface area contributed by atoms with Gasteiger partial charge in [0.2, 0.25) is 6.10 Å². The van der Waals surface area contributed by atoms with E-state index >= 15 is 0 Å². The molecular formula is C26H35F3N2O4. The van der Waals surface area contributed by atoms with Gasteiger partial charge in [0.15, 0.2) is 5.82 Å². The van der Waals surface area contributed by atoms with Crippen molar-refractivity contribution in [2.24, 2.45) is 0 Å². The molecule has 2 aromatic rings. The van der Waals surface area contributed by atoms with E-state index in [2.05, 4.69) is 21.6 Å². The molecule has 9 heteroatoms. The zero-order valence-corrected chi connectivity index (χ0v) is 20.5. The van der Waals surface area contributed by atoms with Crippen molar-refractivity contribution >= 4 is 5.97 Å². The first-order valence-electron chi connectivity index (χ1n) is 12.3. The van der Waals surface area contributed by atoms with Crippen molar-refractivity contribution in [3.8, 4) is 17.1 Å². The second kappa shape index (κ2) is 15.3. The van der Waals surface area contributed by atoms with Crippen molar-refractivity contribution in [1.29, 1.82) is 0 Å². The number of rotatable bonds is 16. The molecule has 194 valence electrons. The molecule has 1 heterocycles. The number of aromatic nitrogens is 2. The maximum absolute atomic E-state index is 13.1. The number of ether oxygens (including phenoxy) is 3. The van der Waals surface area contributed by atoms with Gasteiger partial charge in [0.25, 0.3) is 0 Å². The zero-order chi connectivity index (χ0) is 25.5. The first-order chi connectivity index (χ1) is 16.8. The van der Waals surface area contributed by atoms with Crippen LogP contribution in [0.4, 0.5) is 13.2 Å². The van der Waals surface area contributed by atoms with Crippen LogP contribution in [0.2, 0.25) is 0 Å². The molecule has 1 atom stereocenters. The first kappa shape index (κ1) is 28.6. The second-order valence-electron chi connectivity index (χ2n) is 8.30. The lowest BCUT2D eigenvalue weighted by Gasteiger charge is -2.20. The topological polar surface area (TPSA) is 70.5 Å². The molecule has 1 aromatic heterocycles. The Morgan fingerprint density at radius 3 is 2.11 bits per heavy atom. The molecule has 0 amide bonds. The third kappa shape index (κ3) is 10.6. The number of alkyl halides is 3. The molecule has 0 aliphatic carbocycles. The number of esters is 1. The van der Waals surface area contributed by atoms with Gasteiger partial charge in [-0.25, -0.2) is 14.8 Å². The van der Waals surface area contributed by atoms with E-state index < -0.39 is 24.9 Å². The molecule has 0 saturated heterocycles. The molecule has 1 aromatic carbocycles. The van der Waals surface area contributed by atoms with Gasteiger partial charge in [-0.3, -0.25) is 0 Å². The summed E-state index contributed by atoms with van der Waals surface area (Å²) in [6.07, 6.45) is 4.27. The minimum absolute atomic E-state index is 0.144. The Morgan fingerprint density at radius 2 is 1.51 bits per heavy atom. The number of unbranched alkanes of at least 4 members (excludes halogenated alkanes) is 6. The van der Waals surface area contributed by atoms with Gasteiger partial charge in [0.1, 0.15) is 5.75 Å². The minimum atomic E-state index is -4.73. The third-order valence-electron chi connectivity index (χ3n) is 5.25. The SMILES string of the molecule is CCCCCCCCCOc1ccc(-c2ncc(C(=O)OC(COCCC)C(F)(F)F)cn2)cc1. The van der Waals surface area contributed by atoms with Crippen LogP contribution in [-0.4, -0.2) is 48.0 Å². The average molecular weight is 497 g/mol. The fraction of sp³-hybridized carbons (Fsp3) is 0.577. The fourth-order valence-electron chi connectivity index (χ4n) is 3.26. The highest BCUT2D eigenvalue weighted by molar-refractivity contribution is 5.89. The molecule has 0 spiro atoms. The van der Waals surface area contributed by atoms with Crippen molar-refractivity contribution < 1.29 is 32.2 Å². The predicted octanol–water partition coefficient (Wildman–Crippen LogP) is 6.79. The second-order valence-corrected chi connectivity index (χ2v) is 8.30. The lowest BCUT2D eigenvalue weighted by atomic mass is 10.1. The van der Waals surface area contributed by atoms with Crippen LogP contribution in [0.25, 0.3) is 11.4 Å². The zero-order valence-electron chi connectivity index (χ0n) is 20.5. The first-order valence-corrected chi connectivity index (χ1v) is 12.3. The van der Waals surface area contributed by atoms with Crippen molar-refractivity contribution in [3.63, 3.8) is 0 Å². The summed E-state index contributed by atoms with van der Waals surface area (Å²) < 4.78 is 54.6. The summed E-state index contributed by atoms with van der Waals surface area (Å²) in [5.41, 5.74) is 0.516. The smallest absolute Gasteiger partial charge is 0.427 e. The minimum Gasteiger partial charge on any atom is -0.494 e. The lowest BCUT2D eigenvalue weighted by Crippen LogP contribution is -2.38. The highest BCUT2D eigenvalue weighted by Gasteiger charge is 2.43. The van der Waals surface area contributed by atoms with Crippen LogP contribution in [-0.2, 0) is 9.47 Å². The van der Waals surface area contributed by atoms with Crippen LogP contribution < -0.4 is 4.74 Å². The molecule has 0 saturated carbocycles. The van der Waals surface area contributed by atoms with Gasteiger partial charge in [-0.15, -0.1) is 0 Å². The van der Waals surface area contributed by atoms with Gasteiger partial charge in [0.05, 0.1) is 18.8 Å². The largest absolute Gasteiger partial charge is 0.494 e.